The number of nitrogens with zero attached hydrogens (tertiary/aromatic N) is 1. The molecule has 1 heterocycles. The summed E-state index contributed by atoms with van der Waals surface area (Å²) in [6.45, 7) is 1.74. The van der Waals surface area contributed by atoms with Gasteiger partial charge in [-0.1, -0.05) is 30.3 Å². The Hall–Kier alpha value is -2.76. The molecule has 130 valence electrons. The Balaban J connectivity index is 1.80. The van der Waals surface area contributed by atoms with Crippen molar-refractivity contribution in [3.05, 3.63) is 71.4 Å². The van der Waals surface area contributed by atoms with Crippen LogP contribution in [-0.4, -0.2) is 10.5 Å². The van der Waals surface area contributed by atoms with E-state index in [1.54, 1.807) is 13.1 Å². The predicted molar refractivity (Wildman–Crippen MR) is 90.2 cm³/mol. The van der Waals surface area contributed by atoms with Crippen molar-refractivity contribution in [1.82, 2.24) is 9.88 Å². The van der Waals surface area contributed by atoms with Gasteiger partial charge in [-0.05, 0) is 30.7 Å². The van der Waals surface area contributed by atoms with E-state index in [2.05, 4.69) is 5.32 Å². The number of halogens is 3. The lowest BCUT2D eigenvalue weighted by Crippen LogP contribution is -2.26. The second-order valence-electron chi connectivity index (χ2n) is 5.99. The highest BCUT2D eigenvalue weighted by atomic mass is 19.4. The lowest BCUT2D eigenvalue weighted by molar-refractivity contribution is -0.137. The first-order chi connectivity index (χ1) is 11.8. The molecule has 0 saturated heterocycles. The van der Waals surface area contributed by atoms with Gasteiger partial charge in [0.15, 0.2) is 0 Å². The highest BCUT2D eigenvalue weighted by molar-refractivity contribution is 6.07. The topological polar surface area (TPSA) is 34.0 Å². The largest absolute Gasteiger partial charge is 0.416 e. The molecule has 3 nitrogen and oxygen atoms in total. The zero-order valence-electron chi connectivity index (χ0n) is 13.8. The monoisotopic (exact) mass is 346 g/mol. The average molecular weight is 346 g/mol. The van der Waals surface area contributed by atoms with E-state index < -0.39 is 17.8 Å². The molecular formula is C19H17F3N2O. The number of nitrogens with one attached hydrogen (secondary N) is 1. The van der Waals surface area contributed by atoms with Crippen LogP contribution in [0.1, 0.15) is 34.5 Å². The molecule has 1 amide bonds. The fourth-order valence-corrected chi connectivity index (χ4v) is 2.84. The second kappa shape index (κ2) is 6.27. The molecule has 3 aromatic rings. The van der Waals surface area contributed by atoms with Crippen LogP contribution in [0.3, 0.4) is 0 Å². The van der Waals surface area contributed by atoms with E-state index in [1.165, 1.54) is 12.1 Å². The van der Waals surface area contributed by atoms with Crippen molar-refractivity contribution in [2.45, 2.75) is 19.1 Å². The third kappa shape index (κ3) is 3.38. The van der Waals surface area contributed by atoms with Crippen LogP contribution in [0, 0.1) is 0 Å². The number of aromatic nitrogens is 1. The van der Waals surface area contributed by atoms with E-state index in [0.717, 1.165) is 23.0 Å². The zero-order valence-corrected chi connectivity index (χ0v) is 13.8. The Kier molecular flexibility index (Phi) is 4.29. The predicted octanol–water partition coefficient (Wildman–Crippen LogP) is 4.69. The fraction of sp³-hybridized carbons (Fsp3) is 0.211. The number of carbonyl (C=O) groups excluding carboxylic acids is 1. The van der Waals surface area contributed by atoms with E-state index in [4.69, 9.17) is 0 Å². The minimum Gasteiger partial charge on any atom is -0.350 e. The molecule has 0 saturated carbocycles. The van der Waals surface area contributed by atoms with Crippen LogP contribution in [0.2, 0.25) is 0 Å². The summed E-state index contributed by atoms with van der Waals surface area (Å²) >= 11 is 0. The lowest BCUT2D eigenvalue weighted by Gasteiger charge is -2.15. The molecule has 25 heavy (non-hydrogen) atoms. The minimum atomic E-state index is -4.37. The van der Waals surface area contributed by atoms with Gasteiger partial charge >= 0.3 is 6.18 Å². The number of amides is 1. The summed E-state index contributed by atoms with van der Waals surface area (Å²) in [5.41, 5.74) is 1.39. The van der Waals surface area contributed by atoms with Crippen LogP contribution in [0.4, 0.5) is 13.2 Å². The summed E-state index contributed by atoms with van der Waals surface area (Å²) in [6, 6.07) is 12.0. The second-order valence-corrected chi connectivity index (χ2v) is 5.99. The van der Waals surface area contributed by atoms with Gasteiger partial charge < -0.3 is 9.88 Å². The maximum Gasteiger partial charge on any atom is 0.416 e. The maximum atomic E-state index is 12.6. The number of hydrogen-bond donors (Lipinski definition) is 1. The Morgan fingerprint density at radius 1 is 1.08 bits per heavy atom. The van der Waals surface area contributed by atoms with Crippen molar-refractivity contribution in [2.24, 2.45) is 7.05 Å². The van der Waals surface area contributed by atoms with Gasteiger partial charge in [0, 0.05) is 24.1 Å². The van der Waals surface area contributed by atoms with Crippen LogP contribution in [0.5, 0.6) is 0 Å². The van der Waals surface area contributed by atoms with Gasteiger partial charge in [0.05, 0.1) is 17.2 Å². The third-order valence-electron chi connectivity index (χ3n) is 4.23. The van der Waals surface area contributed by atoms with Crippen LogP contribution in [-0.2, 0) is 13.2 Å². The summed E-state index contributed by atoms with van der Waals surface area (Å²) in [5, 5.41) is 3.68. The van der Waals surface area contributed by atoms with E-state index >= 15 is 0 Å². The van der Waals surface area contributed by atoms with Crippen molar-refractivity contribution in [3.63, 3.8) is 0 Å². The van der Waals surface area contributed by atoms with Gasteiger partial charge in [0.1, 0.15) is 0 Å². The molecule has 1 aromatic heterocycles. The number of benzene rings is 2. The van der Waals surface area contributed by atoms with Gasteiger partial charge in [0.2, 0.25) is 0 Å². The molecule has 0 bridgehead atoms. The number of alkyl halides is 3. The SMILES string of the molecule is CC(NC(=O)c1cn(C)c2ccccc12)c1ccc(C(F)(F)F)cc1. The molecule has 1 N–H and O–H groups in total. The molecular weight excluding hydrogens is 329 g/mol. The highest BCUT2D eigenvalue weighted by Gasteiger charge is 2.30. The Morgan fingerprint density at radius 3 is 2.36 bits per heavy atom. The molecule has 1 atom stereocenters. The van der Waals surface area contributed by atoms with Gasteiger partial charge in [-0.3, -0.25) is 4.79 Å². The number of fused-ring (bicyclic) bond motifs is 1. The number of para-hydroxylation sites is 1. The fourth-order valence-electron chi connectivity index (χ4n) is 2.84. The highest BCUT2D eigenvalue weighted by Crippen LogP contribution is 2.30. The molecule has 0 radical (unpaired) electrons. The van der Waals surface area contributed by atoms with E-state index in [0.29, 0.717) is 11.1 Å². The van der Waals surface area contributed by atoms with Crippen LogP contribution < -0.4 is 5.32 Å². The number of rotatable bonds is 3. The van der Waals surface area contributed by atoms with Gasteiger partial charge in [-0.25, -0.2) is 0 Å². The van der Waals surface area contributed by atoms with Gasteiger partial charge in [-0.15, -0.1) is 0 Å². The number of aryl methyl sites for hydroxylation is 1. The van der Waals surface area contributed by atoms with E-state index in [9.17, 15) is 18.0 Å². The standard InChI is InChI=1S/C19H17F3N2O/c1-12(13-7-9-14(10-8-13)19(20,21)22)23-18(25)16-11-24(2)17-6-4-3-5-15(16)17/h3-12H,1-2H3,(H,23,25). The van der Waals surface area contributed by atoms with Crippen molar-refractivity contribution >= 4 is 16.8 Å². The van der Waals surface area contributed by atoms with E-state index in [1.807, 2.05) is 35.9 Å². The maximum absolute atomic E-state index is 12.6. The molecule has 0 spiro atoms. The third-order valence-corrected chi connectivity index (χ3v) is 4.23. The quantitative estimate of drug-likeness (QED) is 0.734. The van der Waals surface area contributed by atoms with Gasteiger partial charge in [0.25, 0.3) is 5.91 Å². The summed E-state index contributed by atoms with van der Waals surface area (Å²) in [4.78, 5) is 12.6. The first-order valence-electron chi connectivity index (χ1n) is 7.79. The van der Waals surface area contributed by atoms with Crippen LogP contribution in [0.25, 0.3) is 10.9 Å². The molecule has 0 fully saturated rings. The summed E-state index contributed by atoms with van der Waals surface area (Å²) in [6.07, 6.45) is -2.62. The molecule has 0 aliphatic rings. The molecule has 2 aromatic carbocycles. The van der Waals surface area contributed by atoms with Crippen molar-refractivity contribution in [1.29, 1.82) is 0 Å². The van der Waals surface area contributed by atoms with E-state index in [-0.39, 0.29) is 5.91 Å². The first kappa shape index (κ1) is 17.1. The van der Waals surface area contributed by atoms with Crippen molar-refractivity contribution < 1.29 is 18.0 Å². The Labute approximate surface area is 143 Å². The van der Waals surface area contributed by atoms with Crippen LogP contribution in [0.15, 0.2) is 54.7 Å². The molecule has 3 rings (SSSR count). The zero-order chi connectivity index (χ0) is 18.2. The summed E-state index contributed by atoms with van der Waals surface area (Å²) < 4.78 is 39.8. The Morgan fingerprint density at radius 2 is 1.72 bits per heavy atom. The average Bonchev–Trinajstić information content (AvgIpc) is 2.92. The Bertz CT molecular complexity index is 911. The summed E-state index contributed by atoms with van der Waals surface area (Å²) in [7, 11) is 1.86. The van der Waals surface area contributed by atoms with Gasteiger partial charge in [-0.2, -0.15) is 13.2 Å². The molecule has 0 aliphatic heterocycles. The number of hydrogen-bond acceptors (Lipinski definition) is 1. The number of carbonyl (C=O) groups is 1. The summed E-state index contributed by atoms with van der Waals surface area (Å²) in [5.74, 6) is -0.260. The molecule has 1 unspecified atom stereocenters. The molecule has 0 aliphatic carbocycles. The molecule has 6 heteroatoms. The van der Waals surface area contributed by atoms with Crippen molar-refractivity contribution in [2.75, 3.05) is 0 Å². The van der Waals surface area contributed by atoms with Crippen LogP contribution >= 0.6 is 0 Å². The lowest BCUT2D eigenvalue weighted by atomic mass is 10.1. The smallest absolute Gasteiger partial charge is 0.350 e. The normalized spacial score (nSPS) is 13.0. The minimum absolute atomic E-state index is 0.260. The first-order valence-corrected chi connectivity index (χ1v) is 7.79. The van der Waals surface area contributed by atoms with Crippen molar-refractivity contribution in [3.8, 4) is 0 Å².